The molecule has 1 atom stereocenters. The number of carbonyl (C=O) groups excluding carboxylic acids is 1. The lowest BCUT2D eigenvalue weighted by Crippen LogP contribution is -2.33. The van der Waals surface area contributed by atoms with Crippen LogP contribution in [0.25, 0.3) is 0 Å². The summed E-state index contributed by atoms with van der Waals surface area (Å²) < 4.78 is 26.1. The van der Waals surface area contributed by atoms with Crippen molar-refractivity contribution in [2.45, 2.75) is 64.8 Å². The lowest BCUT2D eigenvalue weighted by Gasteiger charge is -2.25. The summed E-state index contributed by atoms with van der Waals surface area (Å²) in [7, 11) is -3.49. The van der Waals surface area contributed by atoms with E-state index in [4.69, 9.17) is 11.6 Å². The summed E-state index contributed by atoms with van der Waals surface area (Å²) in [5, 5.41) is 3.65. The van der Waals surface area contributed by atoms with Gasteiger partial charge in [0.05, 0.1) is 18.0 Å². The molecular weight excluding hydrogens is 444 g/mol. The summed E-state index contributed by atoms with van der Waals surface area (Å²) in [5.41, 5.74) is 5.25. The highest BCUT2D eigenvalue weighted by molar-refractivity contribution is 7.92. The number of aryl methyl sites for hydroxylation is 2. The van der Waals surface area contributed by atoms with Gasteiger partial charge < -0.3 is 5.32 Å². The summed E-state index contributed by atoms with van der Waals surface area (Å²) in [6, 6.07) is 11.8. The van der Waals surface area contributed by atoms with Gasteiger partial charge in [-0.15, -0.1) is 0 Å². The molecule has 0 spiro atoms. The molecule has 1 amide bonds. The van der Waals surface area contributed by atoms with E-state index in [9.17, 15) is 13.2 Å². The minimum absolute atomic E-state index is 0.0316. The van der Waals surface area contributed by atoms with Gasteiger partial charge in [0.1, 0.15) is 0 Å². The number of rotatable bonds is 9. The molecule has 32 heavy (non-hydrogen) atoms. The molecule has 0 unspecified atom stereocenters. The van der Waals surface area contributed by atoms with E-state index in [1.54, 1.807) is 25.1 Å². The Morgan fingerprint density at radius 2 is 1.88 bits per heavy atom. The normalized spacial score (nSPS) is 14.5. The first kappa shape index (κ1) is 24.6. The Morgan fingerprint density at radius 3 is 2.56 bits per heavy atom. The second-order valence-corrected chi connectivity index (χ2v) is 10.9. The van der Waals surface area contributed by atoms with E-state index < -0.39 is 10.0 Å². The van der Waals surface area contributed by atoms with E-state index >= 15 is 0 Å². The Morgan fingerprint density at radius 1 is 1.16 bits per heavy atom. The van der Waals surface area contributed by atoms with Crippen molar-refractivity contribution in [2.75, 3.05) is 17.1 Å². The number of carbonyl (C=O) groups is 1. The fourth-order valence-electron chi connectivity index (χ4n) is 4.37. The number of nitrogens with zero attached hydrogens (tertiary/aromatic N) is 1. The highest BCUT2D eigenvalue weighted by atomic mass is 35.5. The molecule has 0 heterocycles. The number of anilines is 1. The van der Waals surface area contributed by atoms with E-state index in [0.29, 0.717) is 22.7 Å². The van der Waals surface area contributed by atoms with Crippen LogP contribution in [0.5, 0.6) is 0 Å². The minimum atomic E-state index is -3.49. The van der Waals surface area contributed by atoms with Crippen molar-refractivity contribution in [1.82, 2.24) is 5.32 Å². The molecule has 0 aromatic heterocycles. The SMILES string of the molecule is CC[C@H](NC(=O)CCCN(c1cccc(Cl)c1C)S(C)(=O)=O)c1ccc2c(c1)CCCC2. The maximum atomic E-state index is 12.7. The number of nitrogens with one attached hydrogen (secondary N) is 1. The molecule has 174 valence electrons. The first-order valence-electron chi connectivity index (χ1n) is 11.3. The Kier molecular flexibility index (Phi) is 8.23. The summed E-state index contributed by atoms with van der Waals surface area (Å²) in [5.74, 6) is -0.0640. The number of benzene rings is 2. The molecule has 2 aromatic carbocycles. The molecule has 0 saturated heterocycles. The van der Waals surface area contributed by atoms with Crippen LogP contribution in [0.2, 0.25) is 5.02 Å². The maximum Gasteiger partial charge on any atom is 0.232 e. The van der Waals surface area contributed by atoms with Crippen molar-refractivity contribution in [2.24, 2.45) is 0 Å². The highest BCUT2D eigenvalue weighted by Gasteiger charge is 2.21. The second-order valence-electron chi connectivity index (χ2n) is 8.59. The first-order valence-corrected chi connectivity index (χ1v) is 13.6. The number of hydrogen-bond acceptors (Lipinski definition) is 3. The van der Waals surface area contributed by atoms with Gasteiger partial charge in [0.25, 0.3) is 0 Å². The molecule has 0 bridgehead atoms. The highest BCUT2D eigenvalue weighted by Crippen LogP contribution is 2.29. The molecule has 3 rings (SSSR count). The fourth-order valence-corrected chi connectivity index (χ4v) is 5.56. The van der Waals surface area contributed by atoms with Gasteiger partial charge in [-0.2, -0.15) is 0 Å². The van der Waals surface area contributed by atoms with E-state index in [0.717, 1.165) is 24.8 Å². The van der Waals surface area contributed by atoms with E-state index in [1.807, 2.05) is 0 Å². The van der Waals surface area contributed by atoms with Crippen LogP contribution in [0.4, 0.5) is 5.69 Å². The zero-order valence-electron chi connectivity index (χ0n) is 19.2. The Hall–Kier alpha value is -2.05. The summed E-state index contributed by atoms with van der Waals surface area (Å²) in [6.45, 7) is 4.09. The van der Waals surface area contributed by atoms with Gasteiger partial charge in [-0.05, 0) is 79.8 Å². The van der Waals surface area contributed by atoms with Gasteiger partial charge in [-0.3, -0.25) is 9.10 Å². The molecule has 1 N–H and O–H groups in total. The average Bonchev–Trinajstić information content (AvgIpc) is 2.76. The van der Waals surface area contributed by atoms with Crippen molar-refractivity contribution < 1.29 is 13.2 Å². The van der Waals surface area contributed by atoms with E-state index in [-0.39, 0.29) is 24.9 Å². The number of amides is 1. The van der Waals surface area contributed by atoms with Crippen molar-refractivity contribution >= 4 is 33.2 Å². The quantitative estimate of drug-likeness (QED) is 0.531. The largest absolute Gasteiger partial charge is 0.349 e. The molecular formula is C25H33ClN2O3S. The van der Waals surface area contributed by atoms with Crippen molar-refractivity contribution in [3.63, 3.8) is 0 Å². The monoisotopic (exact) mass is 476 g/mol. The molecule has 1 aliphatic rings. The third kappa shape index (κ3) is 6.04. The molecule has 0 radical (unpaired) electrons. The van der Waals surface area contributed by atoms with Crippen LogP contribution in [0.3, 0.4) is 0 Å². The molecule has 0 aliphatic heterocycles. The number of hydrogen-bond donors (Lipinski definition) is 1. The first-order chi connectivity index (χ1) is 15.2. The summed E-state index contributed by atoms with van der Waals surface area (Å²) >= 11 is 6.18. The van der Waals surface area contributed by atoms with Gasteiger partial charge in [0, 0.05) is 18.0 Å². The molecule has 1 aliphatic carbocycles. The average molecular weight is 477 g/mol. The summed E-state index contributed by atoms with van der Waals surface area (Å²) in [4.78, 5) is 12.7. The predicted molar refractivity (Wildman–Crippen MR) is 132 cm³/mol. The van der Waals surface area contributed by atoms with Gasteiger partial charge >= 0.3 is 0 Å². The number of sulfonamides is 1. The van der Waals surface area contributed by atoms with Crippen LogP contribution >= 0.6 is 11.6 Å². The second kappa shape index (κ2) is 10.7. The maximum absolute atomic E-state index is 12.7. The van der Waals surface area contributed by atoms with E-state index in [1.165, 1.54) is 34.5 Å². The van der Waals surface area contributed by atoms with Gasteiger partial charge in [0.15, 0.2) is 0 Å². The molecule has 0 saturated carbocycles. The predicted octanol–water partition coefficient (Wildman–Crippen LogP) is 5.34. The molecule has 7 heteroatoms. The Balaban J connectivity index is 1.62. The van der Waals surface area contributed by atoms with E-state index in [2.05, 4.69) is 30.4 Å². The van der Waals surface area contributed by atoms with Crippen molar-refractivity contribution in [1.29, 1.82) is 0 Å². The lowest BCUT2D eigenvalue weighted by atomic mass is 9.89. The summed E-state index contributed by atoms with van der Waals surface area (Å²) in [6.07, 6.45) is 7.39. The minimum Gasteiger partial charge on any atom is -0.349 e. The molecule has 2 aromatic rings. The fraction of sp³-hybridized carbons (Fsp3) is 0.480. The smallest absolute Gasteiger partial charge is 0.232 e. The van der Waals surface area contributed by atoms with Crippen molar-refractivity contribution in [3.05, 3.63) is 63.7 Å². The molecule has 0 fully saturated rings. The van der Waals surface area contributed by atoms with Crippen LogP contribution in [0.15, 0.2) is 36.4 Å². The van der Waals surface area contributed by atoms with Crippen LogP contribution in [0, 0.1) is 6.92 Å². The van der Waals surface area contributed by atoms with Crippen LogP contribution in [-0.4, -0.2) is 27.1 Å². The van der Waals surface area contributed by atoms with Crippen molar-refractivity contribution in [3.8, 4) is 0 Å². The Labute approximate surface area is 197 Å². The number of halogens is 1. The third-order valence-electron chi connectivity index (χ3n) is 6.19. The van der Waals surface area contributed by atoms with Gasteiger partial charge in [0.2, 0.25) is 15.9 Å². The van der Waals surface area contributed by atoms with Crippen LogP contribution in [0.1, 0.15) is 67.3 Å². The Bertz CT molecular complexity index is 1070. The van der Waals surface area contributed by atoms with Gasteiger partial charge in [-0.25, -0.2) is 8.42 Å². The van der Waals surface area contributed by atoms with Crippen LogP contribution < -0.4 is 9.62 Å². The number of fused-ring (bicyclic) bond motifs is 1. The zero-order chi connectivity index (χ0) is 23.3. The van der Waals surface area contributed by atoms with Crippen LogP contribution in [-0.2, 0) is 27.7 Å². The zero-order valence-corrected chi connectivity index (χ0v) is 20.7. The lowest BCUT2D eigenvalue weighted by molar-refractivity contribution is -0.121. The topological polar surface area (TPSA) is 66.5 Å². The molecule has 5 nitrogen and oxygen atoms in total. The standard InChI is InChI=1S/C25H33ClN2O3S/c1-4-23(21-15-14-19-9-5-6-10-20(19)17-21)27-25(29)13-8-16-28(32(3,30)31)24-12-7-11-22(26)18(24)2/h7,11-12,14-15,17,23H,4-6,8-10,13,16H2,1-3H3,(H,27,29)/t23-/m0/s1. The van der Waals surface area contributed by atoms with Gasteiger partial charge in [-0.1, -0.05) is 42.8 Å². The third-order valence-corrected chi connectivity index (χ3v) is 7.78.